The Balaban J connectivity index is 1.52. The fraction of sp³-hybridized carbons (Fsp3) is 0.273. The molecule has 4 rings (SSSR count). The van der Waals surface area contributed by atoms with Crippen molar-refractivity contribution in [3.05, 3.63) is 66.1 Å². The molecule has 1 aliphatic heterocycles. The maximum atomic E-state index is 11.6. The quantitative estimate of drug-likeness (QED) is 0.481. The summed E-state index contributed by atoms with van der Waals surface area (Å²) < 4.78 is 1.66. The second-order valence-electron chi connectivity index (χ2n) is 7.34. The van der Waals surface area contributed by atoms with E-state index in [9.17, 15) is 4.79 Å². The maximum absolute atomic E-state index is 11.6. The molecule has 0 fully saturated rings. The molecule has 9 nitrogen and oxygen atoms in total. The van der Waals surface area contributed by atoms with Gasteiger partial charge in [0.05, 0.1) is 25.0 Å². The van der Waals surface area contributed by atoms with Crippen LogP contribution in [0.3, 0.4) is 0 Å². The van der Waals surface area contributed by atoms with Crippen LogP contribution in [0.5, 0.6) is 0 Å². The highest BCUT2D eigenvalue weighted by atomic mass is 16.3. The van der Waals surface area contributed by atoms with Crippen LogP contribution in [-0.2, 0) is 24.3 Å². The highest BCUT2D eigenvalue weighted by Crippen LogP contribution is 2.31. The second-order valence-corrected chi connectivity index (χ2v) is 7.34. The van der Waals surface area contributed by atoms with Crippen molar-refractivity contribution in [1.82, 2.24) is 19.7 Å². The van der Waals surface area contributed by atoms with Crippen LogP contribution in [0.4, 0.5) is 23.1 Å². The molecule has 3 aromatic rings. The Kier molecular flexibility index (Phi) is 5.94. The average molecular weight is 419 g/mol. The highest BCUT2D eigenvalue weighted by molar-refractivity contribution is 5.98. The minimum Gasteiger partial charge on any atom is -0.394 e. The first-order chi connectivity index (χ1) is 15.1. The third kappa shape index (κ3) is 4.72. The van der Waals surface area contributed by atoms with E-state index in [1.165, 1.54) is 6.08 Å². The molecular formula is C22H25N7O2. The number of aromatic nitrogens is 4. The summed E-state index contributed by atoms with van der Waals surface area (Å²) in [5.41, 5.74) is 4.68. The summed E-state index contributed by atoms with van der Waals surface area (Å²) >= 11 is 0. The molecular weight excluding hydrogens is 394 g/mol. The van der Waals surface area contributed by atoms with Crippen molar-refractivity contribution in [3.8, 4) is 0 Å². The van der Waals surface area contributed by atoms with Crippen LogP contribution >= 0.6 is 0 Å². The van der Waals surface area contributed by atoms with Crippen molar-refractivity contribution in [3.63, 3.8) is 0 Å². The summed E-state index contributed by atoms with van der Waals surface area (Å²) in [5, 5.41) is 19.2. The number of anilines is 4. The van der Waals surface area contributed by atoms with E-state index < -0.39 is 0 Å². The number of aliphatic hydroxyl groups excluding tert-OH is 1. The zero-order chi connectivity index (χ0) is 21.8. The number of hydrogen-bond donors (Lipinski definition) is 3. The first kappa shape index (κ1) is 20.5. The van der Waals surface area contributed by atoms with E-state index in [-0.39, 0.29) is 12.5 Å². The average Bonchev–Trinajstić information content (AvgIpc) is 3.36. The summed E-state index contributed by atoms with van der Waals surface area (Å²) in [6, 6.07) is 7.77. The van der Waals surface area contributed by atoms with E-state index in [0.29, 0.717) is 19.0 Å². The monoisotopic (exact) mass is 419 g/mol. The minimum atomic E-state index is -0.231. The van der Waals surface area contributed by atoms with Gasteiger partial charge in [-0.25, -0.2) is 4.98 Å². The van der Waals surface area contributed by atoms with Gasteiger partial charge in [0, 0.05) is 36.2 Å². The zero-order valence-electron chi connectivity index (χ0n) is 17.4. The standard InChI is InChI=1S/C22H25N7O2/c1-3-20(31)25-17-6-4-5-16(11-17)13-28-8-7-19-15(2)24-22(27-21(19)28)26-18-12-23-29(14-18)9-10-30/h3-6,11-12,14,30H,1,7-10,13H2,2H3,(H,25,31)(H,24,26,27). The Morgan fingerprint density at radius 3 is 3.00 bits per heavy atom. The molecule has 3 N–H and O–H groups in total. The summed E-state index contributed by atoms with van der Waals surface area (Å²) in [6.45, 7) is 7.48. The Morgan fingerprint density at radius 2 is 2.19 bits per heavy atom. The number of hydrogen-bond acceptors (Lipinski definition) is 7. The molecule has 2 aromatic heterocycles. The first-order valence-electron chi connectivity index (χ1n) is 10.1. The fourth-order valence-electron chi connectivity index (χ4n) is 3.64. The number of nitrogens with zero attached hydrogens (tertiary/aromatic N) is 5. The van der Waals surface area contributed by atoms with Crippen LogP contribution in [0.1, 0.15) is 16.8 Å². The Hall–Kier alpha value is -3.72. The van der Waals surface area contributed by atoms with Crippen LogP contribution in [0.15, 0.2) is 49.3 Å². The normalized spacial score (nSPS) is 12.5. The molecule has 3 heterocycles. The Morgan fingerprint density at radius 1 is 1.32 bits per heavy atom. The van der Waals surface area contributed by atoms with Crippen LogP contribution in [0.25, 0.3) is 0 Å². The van der Waals surface area contributed by atoms with Crippen molar-refractivity contribution in [2.75, 3.05) is 28.7 Å². The number of carbonyl (C=O) groups excluding carboxylic acids is 1. The molecule has 0 radical (unpaired) electrons. The van der Waals surface area contributed by atoms with Crippen molar-refractivity contribution in [1.29, 1.82) is 0 Å². The number of nitrogens with one attached hydrogen (secondary N) is 2. The topological polar surface area (TPSA) is 108 Å². The van der Waals surface area contributed by atoms with Crippen LogP contribution in [0, 0.1) is 6.92 Å². The third-order valence-corrected chi connectivity index (χ3v) is 5.10. The number of aliphatic hydroxyl groups is 1. The molecule has 9 heteroatoms. The lowest BCUT2D eigenvalue weighted by Gasteiger charge is -2.19. The fourth-order valence-corrected chi connectivity index (χ4v) is 3.64. The number of aryl methyl sites for hydroxylation is 1. The maximum Gasteiger partial charge on any atom is 0.247 e. The summed E-state index contributed by atoms with van der Waals surface area (Å²) in [6.07, 6.45) is 5.64. The minimum absolute atomic E-state index is 0.0308. The molecule has 1 amide bonds. The number of amides is 1. The smallest absolute Gasteiger partial charge is 0.247 e. The lowest BCUT2D eigenvalue weighted by Crippen LogP contribution is -2.21. The summed E-state index contributed by atoms with van der Waals surface area (Å²) in [4.78, 5) is 23.2. The number of fused-ring (bicyclic) bond motifs is 1. The Bertz CT molecular complexity index is 1110. The van der Waals surface area contributed by atoms with Crippen molar-refractivity contribution < 1.29 is 9.90 Å². The van der Waals surface area contributed by atoms with Crippen molar-refractivity contribution in [2.45, 2.75) is 26.4 Å². The molecule has 160 valence electrons. The van der Waals surface area contributed by atoms with Crippen LogP contribution < -0.4 is 15.5 Å². The molecule has 0 spiro atoms. The molecule has 0 atom stereocenters. The SMILES string of the molecule is C=CC(=O)Nc1cccc(CN2CCc3c(C)nc(Nc4cnn(CCO)c4)nc32)c1. The van der Waals surface area contributed by atoms with Gasteiger partial charge in [0.25, 0.3) is 0 Å². The number of carbonyl (C=O) groups is 1. The zero-order valence-corrected chi connectivity index (χ0v) is 17.4. The second kappa shape index (κ2) is 8.97. The van der Waals surface area contributed by atoms with Gasteiger partial charge < -0.3 is 20.6 Å². The lowest BCUT2D eigenvalue weighted by atomic mass is 10.2. The number of rotatable bonds is 8. The van der Waals surface area contributed by atoms with E-state index in [0.717, 1.165) is 47.0 Å². The highest BCUT2D eigenvalue weighted by Gasteiger charge is 2.24. The van der Waals surface area contributed by atoms with Gasteiger partial charge in [-0.3, -0.25) is 9.48 Å². The third-order valence-electron chi connectivity index (χ3n) is 5.10. The van der Waals surface area contributed by atoms with Crippen molar-refractivity contribution >= 4 is 29.0 Å². The summed E-state index contributed by atoms with van der Waals surface area (Å²) in [5.74, 6) is 1.20. The molecule has 1 aromatic carbocycles. The molecule has 0 saturated carbocycles. The predicted octanol–water partition coefficient (Wildman–Crippen LogP) is 2.40. The number of benzene rings is 1. The first-order valence-corrected chi connectivity index (χ1v) is 10.1. The van der Waals surface area contributed by atoms with Gasteiger partial charge in [0.15, 0.2) is 0 Å². The van der Waals surface area contributed by atoms with Crippen molar-refractivity contribution in [2.24, 2.45) is 0 Å². The summed E-state index contributed by atoms with van der Waals surface area (Å²) in [7, 11) is 0. The van der Waals surface area contributed by atoms with E-state index in [2.05, 4.69) is 32.2 Å². The largest absolute Gasteiger partial charge is 0.394 e. The van der Waals surface area contributed by atoms with Gasteiger partial charge in [-0.15, -0.1) is 0 Å². The van der Waals surface area contributed by atoms with Gasteiger partial charge in [-0.2, -0.15) is 10.1 Å². The molecule has 31 heavy (non-hydrogen) atoms. The Labute approximate surface area is 180 Å². The lowest BCUT2D eigenvalue weighted by molar-refractivity contribution is -0.111. The van der Waals surface area contributed by atoms with Gasteiger partial charge in [0.2, 0.25) is 11.9 Å². The molecule has 0 unspecified atom stereocenters. The van der Waals surface area contributed by atoms with Gasteiger partial charge >= 0.3 is 0 Å². The van der Waals surface area contributed by atoms with Gasteiger partial charge in [0.1, 0.15) is 5.82 Å². The van der Waals surface area contributed by atoms with E-state index in [1.807, 2.05) is 37.4 Å². The molecule has 0 saturated heterocycles. The van der Waals surface area contributed by atoms with E-state index in [1.54, 1.807) is 10.9 Å². The molecule has 1 aliphatic rings. The van der Waals surface area contributed by atoms with Gasteiger partial charge in [-0.1, -0.05) is 18.7 Å². The van der Waals surface area contributed by atoms with E-state index in [4.69, 9.17) is 10.1 Å². The molecule has 0 aliphatic carbocycles. The predicted molar refractivity (Wildman–Crippen MR) is 119 cm³/mol. The van der Waals surface area contributed by atoms with E-state index >= 15 is 0 Å². The van der Waals surface area contributed by atoms with Crippen LogP contribution in [0.2, 0.25) is 0 Å². The van der Waals surface area contributed by atoms with Crippen LogP contribution in [-0.4, -0.2) is 43.9 Å². The molecule has 0 bridgehead atoms. The van der Waals surface area contributed by atoms with Gasteiger partial charge in [-0.05, 0) is 37.1 Å².